The Morgan fingerprint density at radius 2 is 2.00 bits per heavy atom. The molecule has 3 heterocycles. The summed E-state index contributed by atoms with van der Waals surface area (Å²) in [5.74, 6) is 1.19. The quantitative estimate of drug-likeness (QED) is 0.786. The van der Waals surface area contributed by atoms with Crippen LogP contribution in [0.15, 0.2) is 24.7 Å². The molecular formula is C12H13N5. The van der Waals surface area contributed by atoms with E-state index >= 15 is 0 Å². The zero-order chi connectivity index (χ0) is 11.7. The molecule has 5 heteroatoms. The highest BCUT2D eigenvalue weighted by Crippen LogP contribution is 2.16. The lowest BCUT2D eigenvalue weighted by atomic mass is 10.0. The van der Waals surface area contributed by atoms with Crippen LogP contribution in [-0.2, 0) is 13.0 Å². The Morgan fingerprint density at radius 1 is 1.18 bits per heavy atom. The van der Waals surface area contributed by atoms with E-state index in [1.54, 1.807) is 18.5 Å². The number of rotatable bonds is 1. The molecule has 5 nitrogen and oxygen atoms in total. The number of hydrogen-bond donors (Lipinski definition) is 1. The van der Waals surface area contributed by atoms with Crippen LogP contribution in [0.2, 0.25) is 0 Å². The monoisotopic (exact) mass is 227 g/mol. The highest BCUT2D eigenvalue weighted by molar-refractivity contribution is 5.43. The Morgan fingerprint density at radius 3 is 2.82 bits per heavy atom. The second-order valence-corrected chi connectivity index (χ2v) is 4.22. The smallest absolute Gasteiger partial charge is 0.197 e. The number of nitrogens with zero attached hydrogens (tertiary/aromatic N) is 4. The van der Waals surface area contributed by atoms with Crippen molar-refractivity contribution < 1.29 is 0 Å². The second kappa shape index (κ2) is 4.18. The van der Waals surface area contributed by atoms with Crippen LogP contribution in [-0.4, -0.2) is 26.0 Å². The van der Waals surface area contributed by atoms with Gasteiger partial charge in [0.25, 0.3) is 0 Å². The first-order valence-electron chi connectivity index (χ1n) is 5.68. The fraction of sp³-hybridized carbons (Fsp3) is 0.333. The Balaban J connectivity index is 2.01. The normalized spacial score (nSPS) is 18.8. The molecule has 0 saturated carbocycles. The molecule has 0 fully saturated rings. The first-order valence-corrected chi connectivity index (χ1v) is 5.68. The van der Waals surface area contributed by atoms with Crippen LogP contribution in [0.5, 0.6) is 0 Å². The Labute approximate surface area is 99.4 Å². The van der Waals surface area contributed by atoms with Gasteiger partial charge in [-0.1, -0.05) is 0 Å². The fourth-order valence-electron chi connectivity index (χ4n) is 1.94. The van der Waals surface area contributed by atoms with E-state index < -0.39 is 0 Å². The lowest BCUT2D eigenvalue weighted by Gasteiger charge is -2.21. The SMILES string of the molecule is CC1Cc2nc(-c3ncccn3)ncc2CN1. The number of nitrogens with one attached hydrogen (secondary N) is 1. The van der Waals surface area contributed by atoms with Gasteiger partial charge in [-0.05, 0) is 13.0 Å². The van der Waals surface area contributed by atoms with Crippen molar-refractivity contribution in [2.45, 2.75) is 25.9 Å². The Kier molecular flexibility index (Phi) is 2.53. The van der Waals surface area contributed by atoms with Gasteiger partial charge in [-0.3, -0.25) is 0 Å². The molecular weight excluding hydrogens is 214 g/mol. The average molecular weight is 227 g/mol. The molecule has 1 N–H and O–H groups in total. The van der Waals surface area contributed by atoms with Crippen LogP contribution in [0.1, 0.15) is 18.2 Å². The molecule has 0 radical (unpaired) electrons. The Hall–Kier alpha value is -1.88. The molecule has 1 atom stereocenters. The zero-order valence-corrected chi connectivity index (χ0v) is 9.59. The molecule has 0 aliphatic carbocycles. The van der Waals surface area contributed by atoms with Crippen molar-refractivity contribution in [2.24, 2.45) is 0 Å². The van der Waals surface area contributed by atoms with Crippen LogP contribution >= 0.6 is 0 Å². The molecule has 0 amide bonds. The van der Waals surface area contributed by atoms with Gasteiger partial charge >= 0.3 is 0 Å². The third-order valence-electron chi connectivity index (χ3n) is 2.86. The lowest BCUT2D eigenvalue weighted by Crippen LogP contribution is -2.33. The summed E-state index contributed by atoms with van der Waals surface area (Å²) in [6, 6.07) is 2.25. The predicted molar refractivity (Wildman–Crippen MR) is 63.1 cm³/mol. The molecule has 2 aromatic rings. The summed E-state index contributed by atoms with van der Waals surface area (Å²) in [6.45, 7) is 3.00. The number of fused-ring (bicyclic) bond motifs is 1. The maximum absolute atomic E-state index is 4.56. The molecule has 86 valence electrons. The van der Waals surface area contributed by atoms with E-state index in [-0.39, 0.29) is 0 Å². The van der Waals surface area contributed by atoms with Crippen LogP contribution < -0.4 is 5.32 Å². The van der Waals surface area contributed by atoms with Crippen molar-refractivity contribution in [2.75, 3.05) is 0 Å². The summed E-state index contributed by atoms with van der Waals surface area (Å²) in [6.07, 6.45) is 6.20. The highest BCUT2D eigenvalue weighted by Gasteiger charge is 2.17. The molecule has 0 bridgehead atoms. The molecule has 0 spiro atoms. The predicted octanol–water partition coefficient (Wildman–Crippen LogP) is 0.968. The van der Waals surface area contributed by atoms with Crippen molar-refractivity contribution >= 4 is 0 Å². The van der Waals surface area contributed by atoms with E-state index in [2.05, 4.69) is 32.2 Å². The van der Waals surface area contributed by atoms with Crippen LogP contribution in [0.4, 0.5) is 0 Å². The third-order valence-corrected chi connectivity index (χ3v) is 2.86. The third kappa shape index (κ3) is 2.01. The molecule has 0 aromatic carbocycles. The molecule has 2 aromatic heterocycles. The molecule has 1 aliphatic heterocycles. The minimum atomic E-state index is 0.460. The van der Waals surface area contributed by atoms with Crippen molar-refractivity contribution in [1.82, 2.24) is 25.3 Å². The van der Waals surface area contributed by atoms with E-state index in [4.69, 9.17) is 0 Å². The van der Waals surface area contributed by atoms with Gasteiger partial charge in [-0.2, -0.15) is 0 Å². The summed E-state index contributed by atoms with van der Waals surface area (Å²) in [5, 5.41) is 3.39. The zero-order valence-electron chi connectivity index (χ0n) is 9.59. The van der Waals surface area contributed by atoms with Crippen LogP contribution in [0.3, 0.4) is 0 Å². The van der Waals surface area contributed by atoms with Gasteiger partial charge in [0, 0.05) is 43.2 Å². The van der Waals surface area contributed by atoms with Gasteiger partial charge in [0.2, 0.25) is 0 Å². The van der Waals surface area contributed by atoms with E-state index in [0.717, 1.165) is 18.7 Å². The van der Waals surface area contributed by atoms with Gasteiger partial charge in [0.05, 0.1) is 5.69 Å². The topological polar surface area (TPSA) is 63.6 Å². The molecule has 17 heavy (non-hydrogen) atoms. The minimum Gasteiger partial charge on any atom is -0.310 e. The van der Waals surface area contributed by atoms with Crippen molar-refractivity contribution in [3.05, 3.63) is 35.9 Å². The number of hydrogen-bond acceptors (Lipinski definition) is 5. The molecule has 0 saturated heterocycles. The van der Waals surface area contributed by atoms with Crippen LogP contribution in [0, 0.1) is 0 Å². The van der Waals surface area contributed by atoms with Crippen molar-refractivity contribution in [3.63, 3.8) is 0 Å². The van der Waals surface area contributed by atoms with E-state index in [1.165, 1.54) is 5.56 Å². The van der Waals surface area contributed by atoms with E-state index in [9.17, 15) is 0 Å². The average Bonchev–Trinajstić information content (AvgIpc) is 2.39. The molecule has 1 unspecified atom stereocenters. The number of aromatic nitrogens is 4. The van der Waals surface area contributed by atoms with Crippen LogP contribution in [0.25, 0.3) is 11.6 Å². The summed E-state index contributed by atoms with van der Waals surface area (Å²) >= 11 is 0. The minimum absolute atomic E-state index is 0.460. The summed E-state index contributed by atoms with van der Waals surface area (Å²) in [5.41, 5.74) is 2.27. The largest absolute Gasteiger partial charge is 0.310 e. The first-order chi connectivity index (χ1) is 8.33. The van der Waals surface area contributed by atoms with E-state index in [0.29, 0.717) is 17.7 Å². The standard InChI is InChI=1S/C12H13N5/c1-8-5-10-9(6-15-8)7-16-12(17-10)11-13-3-2-4-14-11/h2-4,7-8,15H,5-6H2,1H3. The second-order valence-electron chi connectivity index (χ2n) is 4.22. The Bertz CT molecular complexity index is 526. The summed E-state index contributed by atoms with van der Waals surface area (Å²) < 4.78 is 0. The first kappa shape index (κ1) is 10.3. The molecule has 1 aliphatic rings. The van der Waals surface area contributed by atoms with Crippen molar-refractivity contribution in [3.8, 4) is 11.6 Å². The van der Waals surface area contributed by atoms with Gasteiger partial charge in [-0.25, -0.2) is 19.9 Å². The van der Waals surface area contributed by atoms with E-state index in [1.807, 2.05) is 6.20 Å². The highest BCUT2D eigenvalue weighted by atomic mass is 15.0. The van der Waals surface area contributed by atoms with Gasteiger partial charge in [-0.15, -0.1) is 0 Å². The summed E-state index contributed by atoms with van der Waals surface area (Å²) in [7, 11) is 0. The lowest BCUT2D eigenvalue weighted by molar-refractivity contribution is 0.503. The summed E-state index contributed by atoms with van der Waals surface area (Å²) in [4.78, 5) is 17.2. The fourth-order valence-corrected chi connectivity index (χ4v) is 1.94. The van der Waals surface area contributed by atoms with Gasteiger partial charge < -0.3 is 5.32 Å². The van der Waals surface area contributed by atoms with Gasteiger partial charge in [0.15, 0.2) is 11.6 Å². The maximum Gasteiger partial charge on any atom is 0.197 e. The maximum atomic E-state index is 4.56. The molecule has 3 rings (SSSR count). The van der Waals surface area contributed by atoms with Crippen molar-refractivity contribution in [1.29, 1.82) is 0 Å². The van der Waals surface area contributed by atoms with Gasteiger partial charge in [0.1, 0.15) is 0 Å².